The molecular formula is C14H17FN4O. The van der Waals surface area contributed by atoms with Crippen LogP contribution in [0.3, 0.4) is 0 Å². The first-order valence-electron chi connectivity index (χ1n) is 6.65. The Kier molecular flexibility index (Phi) is 3.50. The van der Waals surface area contributed by atoms with Gasteiger partial charge in [-0.1, -0.05) is 5.16 Å². The highest BCUT2D eigenvalue weighted by atomic mass is 19.1. The first-order valence-corrected chi connectivity index (χ1v) is 6.65. The second-order valence-electron chi connectivity index (χ2n) is 5.18. The van der Waals surface area contributed by atoms with Gasteiger partial charge in [0.1, 0.15) is 5.82 Å². The average molecular weight is 276 g/mol. The lowest BCUT2D eigenvalue weighted by Crippen LogP contribution is -2.44. The van der Waals surface area contributed by atoms with Crippen LogP contribution >= 0.6 is 0 Å². The highest BCUT2D eigenvalue weighted by Crippen LogP contribution is 2.24. The summed E-state index contributed by atoms with van der Waals surface area (Å²) in [4.78, 5) is 6.59. The number of hydrogen-bond donors (Lipinski definition) is 1. The van der Waals surface area contributed by atoms with Crippen molar-refractivity contribution in [1.82, 2.24) is 20.4 Å². The number of nitrogens with one attached hydrogen (secondary N) is 1. The van der Waals surface area contributed by atoms with E-state index < -0.39 is 0 Å². The number of benzene rings is 1. The summed E-state index contributed by atoms with van der Waals surface area (Å²) in [5, 5.41) is 7.34. The molecule has 1 aromatic heterocycles. The predicted octanol–water partition coefficient (Wildman–Crippen LogP) is 1.76. The van der Waals surface area contributed by atoms with Gasteiger partial charge in [0.2, 0.25) is 0 Å². The van der Waals surface area contributed by atoms with Gasteiger partial charge in [0.15, 0.2) is 5.82 Å². The van der Waals surface area contributed by atoms with Crippen LogP contribution in [0.4, 0.5) is 4.39 Å². The first kappa shape index (κ1) is 13.2. The number of hydrogen-bond acceptors (Lipinski definition) is 5. The van der Waals surface area contributed by atoms with Crippen molar-refractivity contribution in [2.75, 3.05) is 26.7 Å². The van der Waals surface area contributed by atoms with Crippen LogP contribution < -0.4 is 5.32 Å². The smallest absolute Gasteiger partial charge is 0.258 e. The van der Waals surface area contributed by atoms with E-state index in [9.17, 15) is 4.39 Å². The molecule has 0 saturated carbocycles. The molecule has 106 valence electrons. The summed E-state index contributed by atoms with van der Waals surface area (Å²) in [5.74, 6) is 0.703. The largest absolute Gasteiger partial charge is 0.334 e. The second kappa shape index (κ2) is 5.30. The van der Waals surface area contributed by atoms with Crippen molar-refractivity contribution in [1.29, 1.82) is 0 Å². The maximum Gasteiger partial charge on any atom is 0.258 e. The lowest BCUT2D eigenvalue weighted by Gasteiger charge is -2.30. The monoisotopic (exact) mass is 276 g/mol. The number of likely N-dealkylation sites (N-methyl/N-ethyl adjacent to an activating group) is 1. The molecule has 1 fully saturated rings. The standard InChI is InChI=1S/C14H17FN4O/c1-9-5-10(7-11(15)6-9)14-17-13(18-20-14)12-8-16-3-4-19(12)2/h5-7,12,16H,3-4,8H2,1-2H3. The topological polar surface area (TPSA) is 54.2 Å². The second-order valence-corrected chi connectivity index (χ2v) is 5.18. The van der Waals surface area contributed by atoms with Crippen LogP contribution in [0.2, 0.25) is 0 Å². The van der Waals surface area contributed by atoms with E-state index in [0.29, 0.717) is 17.3 Å². The fourth-order valence-corrected chi connectivity index (χ4v) is 2.44. The number of aryl methyl sites for hydroxylation is 1. The highest BCUT2D eigenvalue weighted by Gasteiger charge is 2.25. The zero-order valence-electron chi connectivity index (χ0n) is 11.6. The zero-order valence-corrected chi connectivity index (χ0v) is 11.6. The number of nitrogens with zero attached hydrogens (tertiary/aromatic N) is 3. The Balaban J connectivity index is 1.89. The first-order chi connectivity index (χ1) is 9.63. The summed E-state index contributed by atoms with van der Waals surface area (Å²) in [6.07, 6.45) is 0. The van der Waals surface area contributed by atoms with Gasteiger partial charge in [-0.15, -0.1) is 0 Å². The van der Waals surface area contributed by atoms with E-state index in [1.807, 2.05) is 20.0 Å². The summed E-state index contributed by atoms with van der Waals surface area (Å²) >= 11 is 0. The van der Waals surface area contributed by atoms with E-state index in [-0.39, 0.29) is 11.9 Å². The molecule has 0 amide bonds. The molecule has 3 rings (SSSR count). The Labute approximate surface area is 116 Å². The van der Waals surface area contributed by atoms with Gasteiger partial charge in [-0.25, -0.2) is 4.39 Å². The fraction of sp³-hybridized carbons (Fsp3) is 0.429. The Morgan fingerprint density at radius 3 is 3.00 bits per heavy atom. The molecule has 2 aromatic rings. The van der Waals surface area contributed by atoms with Crippen LogP contribution in [-0.2, 0) is 0 Å². The van der Waals surface area contributed by atoms with Gasteiger partial charge in [-0.3, -0.25) is 4.90 Å². The molecule has 1 aliphatic rings. The van der Waals surface area contributed by atoms with Crippen LogP contribution in [0.15, 0.2) is 22.7 Å². The van der Waals surface area contributed by atoms with Crippen molar-refractivity contribution >= 4 is 0 Å². The van der Waals surface area contributed by atoms with Crippen LogP contribution in [0.25, 0.3) is 11.5 Å². The van der Waals surface area contributed by atoms with Gasteiger partial charge in [-0.2, -0.15) is 4.98 Å². The summed E-state index contributed by atoms with van der Waals surface area (Å²) in [7, 11) is 2.04. The van der Waals surface area contributed by atoms with E-state index in [1.165, 1.54) is 12.1 Å². The molecule has 1 atom stereocenters. The molecular weight excluding hydrogens is 259 g/mol. The molecule has 0 aliphatic carbocycles. The van der Waals surface area contributed by atoms with Crippen molar-refractivity contribution in [3.05, 3.63) is 35.4 Å². The Hall–Kier alpha value is -1.79. The van der Waals surface area contributed by atoms with E-state index >= 15 is 0 Å². The molecule has 1 saturated heterocycles. The van der Waals surface area contributed by atoms with Crippen LogP contribution in [-0.4, -0.2) is 41.7 Å². The molecule has 1 aromatic carbocycles. The Morgan fingerprint density at radius 2 is 2.25 bits per heavy atom. The van der Waals surface area contributed by atoms with Gasteiger partial charge in [0.05, 0.1) is 6.04 Å². The molecule has 0 spiro atoms. The molecule has 1 unspecified atom stereocenters. The maximum absolute atomic E-state index is 13.4. The zero-order chi connectivity index (χ0) is 14.1. The molecule has 0 bridgehead atoms. The minimum absolute atomic E-state index is 0.0934. The summed E-state index contributed by atoms with van der Waals surface area (Å²) in [6, 6.07) is 4.81. The van der Waals surface area contributed by atoms with Gasteiger partial charge < -0.3 is 9.84 Å². The van der Waals surface area contributed by atoms with E-state index in [4.69, 9.17) is 4.52 Å². The Bertz CT molecular complexity index is 593. The third-order valence-corrected chi connectivity index (χ3v) is 3.54. The van der Waals surface area contributed by atoms with Crippen molar-refractivity contribution < 1.29 is 8.91 Å². The molecule has 2 heterocycles. The van der Waals surface area contributed by atoms with E-state index in [0.717, 1.165) is 25.2 Å². The van der Waals surface area contributed by atoms with Crippen molar-refractivity contribution in [3.8, 4) is 11.5 Å². The molecule has 0 radical (unpaired) electrons. The van der Waals surface area contributed by atoms with Gasteiger partial charge >= 0.3 is 0 Å². The summed E-state index contributed by atoms with van der Waals surface area (Å²) in [6.45, 7) is 4.52. The molecule has 1 N–H and O–H groups in total. The maximum atomic E-state index is 13.4. The SMILES string of the molecule is Cc1cc(F)cc(-c2nc(C3CNCCN3C)no2)c1. The fourth-order valence-electron chi connectivity index (χ4n) is 2.44. The van der Waals surface area contributed by atoms with E-state index in [1.54, 1.807) is 0 Å². The molecule has 1 aliphatic heterocycles. The highest BCUT2D eigenvalue weighted by molar-refractivity contribution is 5.54. The number of rotatable bonds is 2. The summed E-state index contributed by atoms with van der Waals surface area (Å²) < 4.78 is 18.7. The van der Waals surface area contributed by atoms with Crippen LogP contribution in [0, 0.1) is 12.7 Å². The van der Waals surface area contributed by atoms with Crippen molar-refractivity contribution in [3.63, 3.8) is 0 Å². The van der Waals surface area contributed by atoms with Crippen LogP contribution in [0.5, 0.6) is 0 Å². The molecule has 5 nitrogen and oxygen atoms in total. The van der Waals surface area contributed by atoms with Crippen LogP contribution in [0.1, 0.15) is 17.4 Å². The quantitative estimate of drug-likeness (QED) is 0.906. The minimum atomic E-state index is -0.295. The normalized spacial score (nSPS) is 20.2. The predicted molar refractivity (Wildman–Crippen MR) is 72.7 cm³/mol. The third kappa shape index (κ3) is 2.57. The minimum Gasteiger partial charge on any atom is -0.334 e. The third-order valence-electron chi connectivity index (χ3n) is 3.54. The van der Waals surface area contributed by atoms with Crippen molar-refractivity contribution in [2.45, 2.75) is 13.0 Å². The molecule has 20 heavy (non-hydrogen) atoms. The molecule has 6 heteroatoms. The average Bonchev–Trinajstić information content (AvgIpc) is 2.87. The summed E-state index contributed by atoms with van der Waals surface area (Å²) in [5.41, 5.74) is 1.45. The number of halogens is 1. The van der Waals surface area contributed by atoms with Gasteiger partial charge in [0, 0.05) is 25.2 Å². The number of aromatic nitrogens is 2. The van der Waals surface area contributed by atoms with Gasteiger partial charge in [-0.05, 0) is 37.7 Å². The number of piperazine rings is 1. The lowest BCUT2D eigenvalue weighted by atomic mass is 10.1. The van der Waals surface area contributed by atoms with E-state index in [2.05, 4.69) is 20.4 Å². The van der Waals surface area contributed by atoms with Gasteiger partial charge in [0.25, 0.3) is 5.89 Å². The van der Waals surface area contributed by atoms with Crippen molar-refractivity contribution in [2.24, 2.45) is 0 Å². The lowest BCUT2D eigenvalue weighted by molar-refractivity contribution is 0.190. The Morgan fingerprint density at radius 1 is 1.40 bits per heavy atom.